The lowest BCUT2D eigenvalue weighted by atomic mass is 10.1. The Kier molecular flexibility index (Phi) is 5.55. The number of carbonyl (C=O) groups excluding carboxylic acids is 1. The van der Waals surface area contributed by atoms with E-state index in [9.17, 15) is 9.59 Å². The Labute approximate surface area is 137 Å². The van der Waals surface area contributed by atoms with E-state index in [1.165, 1.54) is 0 Å². The number of benzene rings is 1. The van der Waals surface area contributed by atoms with Crippen LogP contribution in [0.2, 0.25) is 0 Å². The third-order valence-electron chi connectivity index (χ3n) is 3.16. The molecule has 4 nitrogen and oxygen atoms in total. The first-order chi connectivity index (χ1) is 10.5. The van der Waals surface area contributed by atoms with Crippen molar-refractivity contribution in [3.63, 3.8) is 0 Å². The van der Waals surface area contributed by atoms with E-state index < -0.39 is 0 Å². The first-order valence-corrected chi connectivity index (χ1v) is 7.93. The molecule has 1 aromatic heterocycles. The molecule has 0 radical (unpaired) electrons. The quantitative estimate of drug-likeness (QED) is 0.763. The van der Waals surface area contributed by atoms with E-state index >= 15 is 0 Å². The van der Waals surface area contributed by atoms with Crippen LogP contribution in [0, 0.1) is 6.92 Å². The van der Waals surface area contributed by atoms with Crippen LogP contribution in [0.3, 0.4) is 0 Å². The fraction of sp³-hybridized carbons (Fsp3) is 0.294. The van der Waals surface area contributed by atoms with Crippen molar-refractivity contribution in [2.45, 2.75) is 26.8 Å². The zero-order valence-electron chi connectivity index (χ0n) is 12.6. The maximum absolute atomic E-state index is 12.1. The molecule has 116 valence electrons. The summed E-state index contributed by atoms with van der Waals surface area (Å²) < 4.78 is 7.28. The minimum Gasteiger partial charge on any atom is -0.462 e. The van der Waals surface area contributed by atoms with Crippen molar-refractivity contribution in [2.75, 3.05) is 6.61 Å². The molecule has 0 aliphatic heterocycles. The molecule has 0 atom stereocenters. The van der Waals surface area contributed by atoms with Crippen LogP contribution in [0.5, 0.6) is 0 Å². The molecule has 0 amide bonds. The Hall–Kier alpha value is -1.88. The monoisotopic (exact) mass is 363 g/mol. The second kappa shape index (κ2) is 7.40. The molecule has 2 aromatic rings. The van der Waals surface area contributed by atoms with Crippen molar-refractivity contribution >= 4 is 21.9 Å². The first-order valence-electron chi connectivity index (χ1n) is 7.14. The fourth-order valence-corrected chi connectivity index (χ4v) is 2.67. The molecule has 0 saturated heterocycles. The molecule has 2 rings (SSSR count). The van der Waals surface area contributed by atoms with Crippen LogP contribution in [0.1, 0.15) is 34.8 Å². The summed E-state index contributed by atoms with van der Waals surface area (Å²) in [4.78, 5) is 23.8. The number of carbonyl (C=O) groups is 1. The van der Waals surface area contributed by atoms with Crippen molar-refractivity contribution in [2.24, 2.45) is 0 Å². The van der Waals surface area contributed by atoms with Gasteiger partial charge in [-0.2, -0.15) is 0 Å². The number of nitrogens with zero attached hydrogens (tertiary/aromatic N) is 1. The summed E-state index contributed by atoms with van der Waals surface area (Å²) in [7, 11) is 0. The minimum absolute atomic E-state index is 0.0722. The number of hydrogen-bond acceptors (Lipinski definition) is 3. The lowest BCUT2D eigenvalue weighted by molar-refractivity contribution is 0.0505. The molecule has 0 aliphatic rings. The van der Waals surface area contributed by atoms with Gasteiger partial charge in [0.1, 0.15) is 0 Å². The molecule has 0 spiro atoms. The Balaban J connectivity index is 2.15. The Morgan fingerprint density at radius 1 is 1.27 bits per heavy atom. The van der Waals surface area contributed by atoms with Crippen LogP contribution in [-0.2, 0) is 11.3 Å². The largest absolute Gasteiger partial charge is 0.462 e. The van der Waals surface area contributed by atoms with Crippen LogP contribution in [0.25, 0.3) is 0 Å². The molecule has 5 heteroatoms. The van der Waals surface area contributed by atoms with E-state index in [0.29, 0.717) is 23.2 Å². The van der Waals surface area contributed by atoms with Crippen molar-refractivity contribution in [1.29, 1.82) is 0 Å². The first kappa shape index (κ1) is 16.5. The fourth-order valence-electron chi connectivity index (χ4n) is 2.08. The Morgan fingerprint density at radius 2 is 1.95 bits per heavy atom. The van der Waals surface area contributed by atoms with Gasteiger partial charge < -0.3 is 9.30 Å². The van der Waals surface area contributed by atoms with Gasteiger partial charge in [-0.15, -0.1) is 0 Å². The summed E-state index contributed by atoms with van der Waals surface area (Å²) in [5.41, 5.74) is 2.41. The Morgan fingerprint density at radius 3 is 2.59 bits per heavy atom. The van der Waals surface area contributed by atoms with E-state index in [1.54, 1.807) is 22.8 Å². The normalized spacial score (nSPS) is 10.5. The maximum atomic E-state index is 12.1. The minimum atomic E-state index is -0.316. The number of esters is 1. The molecule has 22 heavy (non-hydrogen) atoms. The van der Waals surface area contributed by atoms with Crippen LogP contribution < -0.4 is 5.56 Å². The second-order valence-corrected chi connectivity index (χ2v) is 5.99. The van der Waals surface area contributed by atoms with Crippen LogP contribution >= 0.6 is 15.9 Å². The number of ether oxygens (including phenoxy) is 1. The highest BCUT2D eigenvalue weighted by atomic mass is 79.9. The standard InChI is InChI=1S/C17H18BrNO3/c1-3-8-22-17(21)14-6-4-13(5-7-14)11-19-10-12(2)9-15(18)16(19)20/h4-7,9-10H,3,8,11H2,1-2H3. The number of aromatic nitrogens is 1. The highest BCUT2D eigenvalue weighted by molar-refractivity contribution is 9.10. The third-order valence-corrected chi connectivity index (χ3v) is 3.73. The number of rotatable bonds is 5. The number of pyridine rings is 1. The summed E-state index contributed by atoms with van der Waals surface area (Å²) in [6.07, 6.45) is 2.62. The van der Waals surface area contributed by atoms with Crippen LogP contribution in [0.15, 0.2) is 45.8 Å². The lowest BCUT2D eigenvalue weighted by Gasteiger charge is -2.09. The topological polar surface area (TPSA) is 48.3 Å². The average molecular weight is 364 g/mol. The van der Waals surface area contributed by atoms with Gasteiger partial charge in [0.15, 0.2) is 0 Å². The summed E-state index contributed by atoms with van der Waals surface area (Å²) >= 11 is 3.27. The van der Waals surface area contributed by atoms with Gasteiger partial charge in [-0.05, 0) is 58.6 Å². The average Bonchev–Trinajstić information content (AvgIpc) is 2.50. The SMILES string of the molecule is CCCOC(=O)c1ccc(Cn2cc(C)cc(Br)c2=O)cc1. The molecule has 0 fully saturated rings. The van der Waals surface area contributed by atoms with Crippen molar-refractivity contribution in [3.05, 3.63) is 68.0 Å². The number of halogens is 1. The van der Waals surface area contributed by atoms with Gasteiger partial charge in [0.25, 0.3) is 5.56 Å². The van der Waals surface area contributed by atoms with Crippen LogP contribution in [0.4, 0.5) is 0 Å². The molecule has 0 saturated carbocycles. The van der Waals surface area contributed by atoms with Crippen molar-refractivity contribution < 1.29 is 9.53 Å². The summed E-state index contributed by atoms with van der Waals surface area (Å²) in [6.45, 7) is 4.78. The van der Waals surface area contributed by atoms with E-state index in [1.807, 2.05) is 32.2 Å². The maximum Gasteiger partial charge on any atom is 0.338 e. The van der Waals surface area contributed by atoms with E-state index in [2.05, 4.69) is 15.9 Å². The van der Waals surface area contributed by atoms with E-state index in [4.69, 9.17) is 4.74 Å². The lowest BCUT2D eigenvalue weighted by Crippen LogP contribution is -2.21. The Bertz CT molecular complexity index is 720. The number of aryl methyl sites for hydroxylation is 1. The van der Waals surface area contributed by atoms with E-state index in [-0.39, 0.29) is 11.5 Å². The molecule has 0 aliphatic carbocycles. The number of hydrogen-bond donors (Lipinski definition) is 0. The second-order valence-electron chi connectivity index (χ2n) is 5.13. The third kappa shape index (κ3) is 4.07. The van der Waals surface area contributed by atoms with Gasteiger partial charge in [0.05, 0.1) is 23.2 Å². The van der Waals surface area contributed by atoms with Crippen molar-refractivity contribution in [1.82, 2.24) is 4.57 Å². The predicted molar refractivity (Wildman–Crippen MR) is 89.3 cm³/mol. The highest BCUT2D eigenvalue weighted by Gasteiger charge is 2.07. The predicted octanol–water partition coefficient (Wildman–Crippen LogP) is 3.53. The van der Waals surface area contributed by atoms with Crippen LogP contribution in [-0.4, -0.2) is 17.1 Å². The van der Waals surface area contributed by atoms with Crippen molar-refractivity contribution in [3.8, 4) is 0 Å². The molecule has 0 unspecified atom stereocenters. The zero-order chi connectivity index (χ0) is 16.1. The molecule has 1 heterocycles. The molecular weight excluding hydrogens is 346 g/mol. The summed E-state index contributed by atoms with van der Waals surface area (Å²) in [6, 6.07) is 8.93. The molecule has 0 bridgehead atoms. The van der Waals surface area contributed by atoms with E-state index in [0.717, 1.165) is 17.5 Å². The zero-order valence-corrected chi connectivity index (χ0v) is 14.2. The van der Waals surface area contributed by atoms with Gasteiger partial charge in [-0.1, -0.05) is 19.1 Å². The molecular formula is C17H18BrNO3. The van der Waals surface area contributed by atoms with Gasteiger partial charge in [0.2, 0.25) is 0 Å². The van der Waals surface area contributed by atoms with Gasteiger partial charge >= 0.3 is 5.97 Å². The van der Waals surface area contributed by atoms with Gasteiger partial charge in [0, 0.05) is 6.20 Å². The summed E-state index contributed by atoms with van der Waals surface area (Å²) in [5.74, 6) is -0.316. The van der Waals surface area contributed by atoms with Gasteiger partial charge in [-0.25, -0.2) is 4.79 Å². The highest BCUT2D eigenvalue weighted by Crippen LogP contribution is 2.10. The van der Waals surface area contributed by atoms with Gasteiger partial charge in [-0.3, -0.25) is 4.79 Å². The molecule has 0 N–H and O–H groups in total. The smallest absolute Gasteiger partial charge is 0.338 e. The molecule has 1 aromatic carbocycles. The summed E-state index contributed by atoms with van der Waals surface area (Å²) in [5, 5.41) is 0.